The molecular formula is C30H26F3N5O2. The number of carbonyl (C=O) groups excluding carboxylic acids is 1. The summed E-state index contributed by atoms with van der Waals surface area (Å²) >= 11 is 0. The smallest absolute Gasteiger partial charge is 0.261 e. The summed E-state index contributed by atoms with van der Waals surface area (Å²) in [6, 6.07) is 17.6. The molecule has 0 aliphatic rings. The molecule has 0 fully saturated rings. The number of H-pyrrole nitrogens is 1. The van der Waals surface area contributed by atoms with E-state index >= 15 is 0 Å². The molecule has 1 atom stereocenters. The molecule has 0 saturated heterocycles. The molecule has 0 aliphatic heterocycles. The van der Waals surface area contributed by atoms with E-state index in [4.69, 9.17) is 0 Å². The van der Waals surface area contributed by atoms with Gasteiger partial charge in [0, 0.05) is 37.1 Å². The van der Waals surface area contributed by atoms with Gasteiger partial charge in [0.2, 0.25) is 12.3 Å². The van der Waals surface area contributed by atoms with Crippen LogP contribution in [0.5, 0.6) is 0 Å². The van der Waals surface area contributed by atoms with E-state index in [0.29, 0.717) is 27.8 Å². The number of nitrogens with zero attached hydrogens (tertiary/aromatic N) is 2. The number of hydrogen-bond donors (Lipinski definition) is 3. The number of fused-ring (bicyclic) bond motifs is 1. The lowest BCUT2D eigenvalue weighted by Crippen LogP contribution is -2.23. The van der Waals surface area contributed by atoms with Gasteiger partial charge >= 0.3 is 0 Å². The molecule has 3 N–H and O–H groups in total. The van der Waals surface area contributed by atoms with Crippen LogP contribution in [0.3, 0.4) is 0 Å². The molecular weight excluding hydrogens is 519 g/mol. The van der Waals surface area contributed by atoms with Crippen molar-refractivity contribution in [2.45, 2.75) is 25.7 Å². The van der Waals surface area contributed by atoms with Crippen LogP contribution in [0, 0.1) is 12.7 Å². The van der Waals surface area contributed by atoms with Crippen molar-refractivity contribution in [3.05, 3.63) is 106 Å². The lowest BCUT2D eigenvalue weighted by atomic mass is 9.95. The highest BCUT2D eigenvalue weighted by atomic mass is 19.3. The average Bonchev–Trinajstić information content (AvgIpc) is 3.31. The van der Waals surface area contributed by atoms with E-state index in [-0.39, 0.29) is 16.9 Å². The van der Waals surface area contributed by atoms with E-state index in [1.165, 1.54) is 22.9 Å². The molecule has 3 aromatic heterocycles. The largest absolute Gasteiger partial charge is 0.353 e. The second-order valence-electron chi connectivity index (χ2n) is 9.49. The maximum atomic E-state index is 13.4. The van der Waals surface area contributed by atoms with Crippen molar-refractivity contribution >= 4 is 34.0 Å². The zero-order valence-corrected chi connectivity index (χ0v) is 21.7. The minimum atomic E-state index is -2.75. The van der Waals surface area contributed by atoms with Crippen molar-refractivity contribution in [2.24, 2.45) is 7.05 Å². The molecule has 5 rings (SSSR count). The lowest BCUT2D eigenvalue weighted by molar-refractivity contribution is -0.118. The van der Waals surface area contributed by atoms with Crippen LogP contribution in [0.25, 0.3) is 22.2 Å². The van der Waals surface area contributed by atoms with Gasteiger partial charge in [-0.3, -0.25) is 9.59 Å². The standard InChI is InChI=1S/C30H26F3N5O2/c1-17-16-38(2)30(40)25-26(17)37-27(28(25)35-21-6-4-3-5-7-21)19-12-13-34-24(14-19)36-29(39)22(15-23(32)33)18-8-10-20(31)11-9-18/h3-14,16,22-23,35,37H,15H2,1-2H3,(H,34,36,39)/t22-/m0/s1. The first kappa shape index (κ1) is 26.7. The molecule has 204 valence electrons. The van der Waals surface area contributed by atoms with Gasteiger partial charge in [0.05, 0.1) is 28.2 Å². The quantitative estimate of drug-likeness (QED) is 0.208. The molecule has 2 aromatic carbocycles. The Morgan fingerprint density at radius 3 is 2.50 bits per heavy atom. The number of aromatic nitrogens is 3. The van der Waals surface area contributed by atoms with Gasteiger partial charge in [-0.1, -0.05) is 30.3 Å². The Morgan fingerprint density at radius 2 is 1.80 bits per heavy atom. The van der Waals surface area contributed by atoms with Crippen molar-refractivity contribution in [3.63, 3.8) is 0 Å². The monoisotopic (exact) mass is 545 g/mol. The summed E-state index contributed by atoms with van der Waals surface area (Å²) in [4.78, 5) is 33.9. The molecule has 0 spiro atoms. The summed E-state index contributed by atoms with van der Waals surface area (Å²) in [6.45, 7) is 1.89. The van der Waals surface area contributed by atoms with Crippen molar-refractivity contribution in [3.8, 4) is 11.3 Å². The van der Waals surface area contributed by atoms with Gasteiger partial charge in [-0.15, -0.1) is 0 Å². The van der Waals surface area contributed by atoms with Crippen LogP contribution in [-0.2, 0) is 11.8 Å². The number of pyridine rings is 2. The molecule has 5 aromatic rings. The summed E-state index contributed by atoms with van der Waals surface area (Å²) in [5.74, 6) is -2.30. The predicted molar refractivity (Wildman–Crippen MR) is 150 cm³/mol. The number of nitrogens with one attached hydrogen (secondary N) is 3. The Balaban J connectivity index is 1.55. The summed E-state index contributed by atoms with van der Waals surface area (Å²) in [6.07, 6.45) is -0.252. The summed E-state index contributed by atoms with van der Waals surface area (Å²) in [5, 5.41) is 6.45. The van der Waals surface area contributed by atoms with Crippen LogP contribution in [-0.4, -0.2) is 26.9 Å². The van der Waals surface area contributed by atoms with Crippen LogP contribution < -0.4 is 16.2 Å². The number of hydrogen-bond acceptors (Lipinski definition) is 4. The van der Waals surface area contributed by atoms with Crippen LogP contribution in [0.2, 0.25) is 0 Å². The number of aromatic amines is 1. The van der Waals surface area contributed by atoms with Crippen LogP contribution >= 0.6 is 0 Å². The average molecular weight is 546 g/mol. The number of amides is 1. The van der Waals surface area contributed by atoms with Crippen LogP contribution in [0.15, 0.2) is 83.9 Å². The highest BCUT2D eigenvalue weighted by molar-refractivity contribution is 6.04. The van der Waals surface area contributed by atoms with E-state index < -0.39 is 30.5 Å². The molecule has 0 saturated carbocycles. The van der Waals surface area contributed by atoms with Gasteiger partial charge in [0.25, 0.3) is 5.56 Å². The minimum absolute atomic E-state index is 0.137. The topological polar surface area (TPSA) is 91.8 Å². The van der Waals surface area contributed by atoms with Gasteiger partial charge < -0.3 is 20.2 Å². The number of alkyl halides is 2. The lowest BCUT2D eigenvalue weighted by Gasteiger charge is -2.17. The molecule has 0 bridgehead atoms. The van der Waals surface area contributed by atoms with Crippen LogP contribution in [0.4, 0.5) is 30.4 Å². The Morgan fingerprint density at radius 1 is 1.07 bits per heavy atom. The van der Waals surface area contributed by atoms with Gasteiger partial charge in [0.1, 0.15) is 11.6 Å². The van der Waals surface area contributed by atoms with E-state index in [2.05, 4.69) is 20.6 Å². The van der Waals surface area contributed by atoms with Crippen molar-refractivity contribution in [1.29, 1.82) is 0 Å². The van der Waals surface area contributed by atoms with E-state index in [1.54, 1.807) is 25.4 Å². The molecule has 0 radical (unpaired) electrons. The van der Waals surface area contributed by atoms with Crippen molar-refractivity contribution < 1.29 is 18.0 Å². The van der Waals surface area contributed by atoms with Gasteiger partial charge in [-0.25, -0.2) is 18.2 Å². The SMILES string of the molecule is Cc1cn(C)c(=O)c2c(Nc3ccccc3)c(-c3ccnc(NC(=O)[C@@H](CC(F)F)c4ccc(F)cc4)c3)[nH]c12. The zero-order valence-electron chi connectivity index (χ0n) is 21.7. The number of aryl methyl sites for hydroxylation is 2. The van der Waals surface area contributed by atoms with Gasteiger partial charge in [0.15, 0.2) is 0 Å². The minimum Gasteiger partial charge on any atom is -0.353 e. The van der Waals surface area contributed by atoms with Crippen molar-refractivity contribution in [1.82, 2.24) is 14.5 Å². The number of halogens is 3. The zero-order chi connectivity index (χ0) is 28.4. The van der Waals surface area contributed by atoms with Crippen molar-refractivity contribution in [2.75, 3.05) is 10.6 Å². The molecule has 3 heterocycles. The van der Waals surface area contributed by atoms with Crippen LogP contribution in [0.1, 0.15) is 23.5 Å². The predicted octanol–water partition coefficient (Wildman–Crippen LogP) is 6.50. The first-order valence-electron chi connectivity index (χ1n) is 12.6. The first-order valence-corrected chi connectivity index (χ1v) is 12.6. The third-order valence-corrected chi connectivity index (χ3v) is 6.66. The van der Waals surface area contributed by atoms with Gasteiger partial charge in [-0.05, 0) is 54.4 Å². The van der Waals surface area contributed by atoms with E-state index in [1.807, 2.05) is 37.3 Å². The Kier molecular flexibility index (Phi) is 7.41. The highest BCUT2D eigenvalue weighted by Crippen LogP contribution is 2.37. The second-order valence-corrected chi connectivity index (χ2v) is 9.49. The van der Waals surface area contributed by atoms with E-state index in [9.17, 15) is 22.8 Å². The number of carbonyl (C=O) groups is 1. The number of para-hydroxylation sites is 1. The molecule has 7 nitrogen and oxygen atoms in total. The summed E-state index contributed by atoms with van der Waals surface area (Å²) in [7, 11) is 1.69. The Bertz CT molecular complexity index is 1730. The fraction of sp³-hybridized carbons (Fsp3) is 0.167. The third kappa shape index (κ3) is 5.47. The number of rotatable bonds is 8. The summed E-state index contributed by atoms with van der Waals surface area (Å²) in [5.41, 5.74) is 4.11. The maximum absolute atomic E-state index is 13.4. The van der Waals surface area contributed by atoms with E-state index in [0.717, 1.165) is 23.4 Å². The fourth-order valence-corrected chi connectivity index (χ4v) is 4.74. The molecule has 10 heteroatoms. The normalized spacial score (nSPS) is 12.1. The van der Waals surface area contributed by atoms with Gasteiger partial charge in [-0.2, -0.15) is 0 Å². The molecule has 40 heavy (non-hydrogen) atoms. The highest BCUT2D eigenvalue weighted by Gasteiger charge is 2.26. The Hall–Kier alpha value is -4.86. The number of benzene rings is 2. The number of anilines is 3. The molecule has 0 unspecified atom stereocenters. The second kappa shape index (κ2) is 11.1. The first-order chi connectivity index (χ1) is 19.2. The molecule has 1 amide bonds. The molecule has 0 aliphatic carbocycles. The fourth-order valence-electron chi connectivity index (χ4n) is 4.74. The summed E-state index contributed by atoms with van der Waals surface area (Å²) < 4.78 is 41.6. The third-order valence-electron chi connectivity index (χ3n) is 6.66. The Labute approximate surface area is 227 Å². The maximum Gasteiger partial charge on any atom is 0.261 e.